The van der Waals surface area contributed by atoms with E-state index in [2.05, 4.69) is 10.0 Å². The lowest BCUT2D eigenvalue weighted by Crippen LogP contribution is -2.21. The second-order valence-corrected chi connectivity index (χ2v) is 8.62. The predicted octanol–water partition coefficient (Wildman–Crippen LogP) is 2.32. The highest BCUT2D eigenvalue weighted by molar-refractivity contribution is 7.91. The van der Waals surface area contributed by atoms with Crippen molar-refractivity contribution in [2.45, 2.75) is 24.2 Å². The van der Waals surface area contributed by atoms with Gasteiger partial charge in [-0.15, -0.1) is 22.7 Å². The van der Waals surface area contributed by atoms with Crippen LogP contribution in [-0.4, -0.2) is 15.5 Å². The largest absolute Gasteiger partial charge is 0.315 e. The van der Waals surface area contributed by atoms with Crippen molar-refractivity contribution in [3.05, 3.63) is 38.9 Å². The van der Waals surface area contributed by atoms with Crippen LogP contribution >= 0.6 is 22.7 Å². The summed E-state index contributed by atoms with van der Waals surface area (Å²) in [4.78, 5) is 3.21. The number of thiophene rings is 2. The van der Waals surface area contributed by atoms with Gasteiger partial charge in [0, 0.05) is 27.7 Å². The molecule has 0 spiro atoms. The van der Waals surface area contributed by atoms with E-state index < -0.39 is 10.0 Å². The molecule has 19 heavy (non-hydrogen) atoms. The summed E-state index contributed by atoms with van der Waals surface area (Å²) in [6.07, 6.45) is 0. The van der Waals surface area contributed by atoms with Gasteiger partial charge in [-0.3, -0.25) is 0 Å². The second-order valence-electron chi connectivity index (χ2n) is 4.09. The molecule has 0 radical (unpaired) electrons. The number of rotatable bonds is 6. The zero-order chi connectivity index (χ0) is 13.9. The van der Waals surface area contributed by atoms with E-state index in [1.54, 1.807) is 17.4 Å². The van der Waals surface area contributed by atoms with Gasteiger partial charge in [0.1, 0.15) is 4.21 Å². The van der Waals surface area contributed by atoms with Gasteiger partial charge in [0.05, 0.1) is 0 Å². The number of nitrogens with one attached hydrogen (secondary N) is 2. The molecule has 0 saturated carbocycles. The first-order valence-corrected chi connectivity index (χ1v) is 8.91. The van der Waals surface area contributed by atoms with Crippen LogP contribution in [0.2, 0.25) is 0 Å². The number of sulfonamides is 1. The number of hydrogen-bond donors (Lipinski definition) is 2. The first-order chi connectivity index (χ1) is 9.01. The lowest BCUT2D eigenvalue weighted by atomic mass is 10.4. The van der Waals surface area contributed by atoms with Crippen LogP contribution in [0.4, 0.5) is 0 Å². The van der Waals surface area contributed by atoms with Crippen LogP contribution in [0, 0.1) is 6.92 Å². The first kappa shape index (κ1) is 14.7. The molecule has 0 aliphatic carbocycles. The molecule has 2 rings (SSSR count). The molecule has 7 heteroatoms. The van der Waals surface area contributed by atoms with Gasteiger partial charge in [-0.05, 0) is 38.2 Å². The van der Waals surface area contributed by atoms with Crippen LogP contribution in [-0.2, 0) is 23.1 Å². The molecule has 0 bridgehead atoms. The van der Waals surface area contributed by atoms with E-state index in [9.17, 15) is 8.42 Å². The lowest BCUT2D eigenvalue weighted by Gasteiger charge is -2.02. The van der Waals surface area contributed by atoms with Crippen LogP contribution < -0.4 is 10.0 Å². The molecule has 4 nitrogen and oxygen atoms in total. The molecular formula is C12H16N2O2S3. The SMILES string of the molecule is CNCc1ccc(S(=O)(=O)NCc2ccc(C)s2)s1. The van der Waals surface area contributed by atoms with E-state index >= 15 is 0 Å². The van der Waals surface area contributed by atoms with Crippen molar-refractivity contribution in [1.29, 1.82) is 0 Å². The maximum atomic E-state index is 12.1. The van der Waals surface area contributed by atoms with Crippen LogP contribution in [0.1, 0.15) is 14.6 Å². The quantitative estimate of drug-likeness (QED) is 0.860. The van der Waals surface area contributed by atoms with E-state index in [1.165, 1.54) is 16.2 Å². The standard InChI is InChI=1S/C12H16N2O2S3/c1-9-3-4-11(17-9)8-14-19(15,16)12-6-5-10(18-12)7-13-2/h3-6,13-14H,7-8H2,1-2H3. The monoisotopic (exact) mass is 316 g/mol. The molecule has 0 atom stereocenters. The summed E-state index contributed by atoms with van der Waals surface area (Å²) < 4.78 is 27.2. The summed E-state index contributed by atoms with van der Waals surface area (Å²) in [6.45, 7) is 3.04. The van der Waals surface area contributed by atoms with Crippen LogP contribution in [0.25, 0.3) is 0 Å². The Labute approximate surface area is 121 Å². The topological polar surface area (TPSA) is 58.2 Å². The van der Waals surface area contributed by atoms with Gasteiger partial charge >= 0.3 is 0 Å². The van der Waals surface area contributed by atoms with E-state index in [0.29, 0.717) is 17.3 Å². The summed E-state index contributed by atoms with van der Waals surface area (Å²) in [5.74, 6) is 0. The summed E-state index contributed by atoms with van der Waals surface area (Å²) in [7, 11) is -1.56. The van der Waals surface area contributed by atoms with E-state index in [-0.39, 0.29) is 0 Å². The van der Waals surface area contributed by atoms with Crippen molar-refractivity contribution < 1.29 is 8.42 Å². The van der Waals surface area contributed by atoms with E-state index in [1.807, 2.05) is 32.2 Å². The maximum absolute atomic E-state index is 12.1. The third-order valence-electron chi connectivity index (χ3n) is 2.49. The average molecular weight is 316 g/mol. The van der Waals surface area contributed by atoms with Gasteiger partial charge in [-0.2, -0.15) is 0 Å². The van der Waals surface area contributed by atoms with Crippen molar-refractivity contribution in [1.82, 2.24) is 10.0 Å². The van der Waals surface area contributed by atoms with Gasteiger partial charge in [0.2, 0.25) is 10.0 Å². The average Bonchev–Trinajstić information content (AvgIpc) is 2.97. The molecule has 2 aromatic rings. The molecule has 0 fully saturated rings. The Morgan fingerprint density at radius 1 is 1.05 bits per heavy atom. The molecule has 0 aromatic carbocycles. The number of hydrogen-bond acceptors (Lipinski definition) is 5. The Balaban J connectivity index is 2.04. The number of aryl methyl sites for hydroxylation is 1. The fraction of sp³-hybridized carbons (Fsp3) is 0.333. The molecule has 0 aliphatic rings. The minimum Gasteiger partial charge on any atom is -0.315 e. The smallest absolute Gasteiger partial charge is 0.250 e. The third-order valence-corrected chi connectivity index (χ3v) is 6.46. The van der Waals surface area contributed by atoms with Crippen LogP contribution in [0.3, 0.4) is 0 Å². The van der Waals surface area contributed by atoms with Crippen molar-refractivity contribution in [3.8, 4) is 0 Å². The third kappa shape index (κ3) is 3.87. The molecule has 2 aromatic heterocycles. The molecule has 0 saturated heterocycles. The Hall–Kier alpha value is -0.730. The van der Waals surface area contributed by atoms with E-state index in [0.717, 1.165) is 9.75 Å². The summed E-state index contributed by atoms with van der Waals surface area (Å²) in [5.41, 5.74) is 0. The molecular weight excluding hydrogens is 300 g/mol. The molecule has 0 amide bonds. The van der Waals surface area contributed by atoms with Crippen molar-refractivity contribution in [2.75, 3.05) is 7.05 Å². The maximum Gasteiger partial charge on any atom is 0.250 e. The molecule has 2 heterocycles. The first-order valence-electron chi connectivity index (χ1n) is 5.79. The normalized spacial score (nSPS) is 11.9. The van der Waals surface area contributed by atoms with Gasteiger partial charge in [-0.25, -0.2) is 13.1 Å². The summed E-state index contributed by atoms with van der Waals surface area (Å²) in [6, 6.07) is 7.43. The van der Waals surface area contributed by atoms with Crippen molar-refractivity contribution >= 4 is 32.7 Å². The zero-order valence-electron chi connectivity index (χ0n) is 10.8. The Bertz CT molecular complexity index is 643. The zero-order valence-corrected chi connectivity index (χ0v) is 13.2. The Morgan fingerprint density at radius 2 is 1.74 bits per heavy atom. The molecule has 0 unspecified atom stereocenters. The van der Waals surface area contributed by atoms with Crippen molar-refractivity contribution in [3.63, 3.8) is 0 Å². The minimum atomic E-state index is -3.40. The second kappa shape index (κ2) is 6.15. The minimum absolute atomic E-state index is 0.347. The van der Waals surface area contributed by atoms with Crippen LogP contribution in [0.15, 0.2) is 28.5 Å². The molecule has 0 aliphatic heterocycles. The highest BCUT2D eigenvalue weighted by atomic mass is 32.2. The molecule has 2 N–H and O–H groups in total. The highest BCUT2D eigenvalue weighted by Gasteiger charge is 2.16. The Kier molecular flexibility index (Phi) is 4.75. The van der Waals surface area contributed by atoms with E-state index in [4.69, 9.17) is 0 Å². The van der Waals surface area contributed by atoms with Gasteiger partial charge < -0.3 is 5.32 Å². The van der Waals surface area contributed by atoms with Gasteiger partial charge in [0.15, 0.2) is 0 Å². The fourth-order valence-electron chi connectivity index (χ4n) is 1.59. The van der Waals surface area contributed by atoms with Crippen molar-refractivity contribution in [2.24, 2.45) is 0 Å². The highest BCUT2D eigenvalue weighted by Crippen LogP contribution is 2.22. The predicted molar refractivity (Wildman–Crippen MR) is 80.2 cm³/mol. The van der Waals surface area contributed by atoms with Gasteiger partial charge in [-0.1, -0.05) is 0 Å². The fourth-order valence-corrected chi connectivity index (χ4v) is 4.93. The lowest BCUT2D eigenvalue weighted by molar-refractivity contribution is 0.584. The molecule has 104 valence electrons. The summed E-state index contributed by atoms with van der Waals surface area (Å²) in [5, 5.41) is 3.01. The van der Waals surface area contributed by atoms with Crippen LogP contribution in [0.5, 0.6) is 0 Å². The summed E-state index contributed by atoms with van der Waals surface area (Å²) >= 11 is 2.90. The Morgan fingerprint density at radius 3 is 2.37 bits per heavy atom. The van der Waals surface area contributed by atoms with Gasteiger partial charge in [0.25, 0.3) is 0 Å².